The Balaban J connectivity index is 1.56. The second kappa shape index (κ2) is 10.2. The first-order valence-electron chi connectivity index (χ1n) is 11.6. The molecule has 1 aliphatic heterocycles. The van der Waals surface area contributed by atoms with E-state index in [-0.39, 0.29) is 5.91 Å². The largest absolute Gasteiger partial charge is 0.468 e. The van der Waals surface area contributed by atoms with E-state index in [0.717, 1.165) is 44.0 Å². The summed E-state index contributed by atoms with van der Waals surface area (Å²) in [5, 5.41) is 0. The minimum absolute atomic E-state index is 0.134. The first-order chi connectivity index (χ1) is 15.5. The number of benzene rings is 2. The smallest absolute Gasteiger partial charge is 0.253 e. The maximum Gasteiger partial charge on any atom is 0.253 e. The highest BCUT2D eigenvalue weighted by Gasteiger charge is 2.36. The molecule has 0 radical (unpaired) electrons. The van der Waals surface area contributed by atoms with Gasteiger partial charge in [-0.05, 0) is 48.6 Å². The monoisotopic (exact) mass is 430 g/mol. The van der Waals surface area contributed by atoms with Crippen molar-refractivity contribution >= 4 is 5.91 Å². The van der Waals surface area contributed by atoms with Crippen LogP contribution < -0.4 is 0 Å². The summed E-state index contributed by atoms with van der Waals surface area (Å²) in [6.45, 7) is 10.7. The Morgan fingerprint density at radius 1 is 1.03 bits per heavy atom. The summed E-state index contributed by atoms with van der Waals surface area (Å²) in [5.74, 6) is 2.31. The molecule has 32 heavy (non-hydrogen) atoms. The van der Waals surface area contributed by atoms with Crippen molar-refractivity contribution in [3.05, 3.63) is 95.4 Å². The van der Waals surface area contributed by atoms with E-state index < -0.39 is 0 Å². The van der Waals surface area contributed by atoms with Gasteiger partial charge in [0.25, 0.3) is 5.91 Å². The van der Waals surface area contributed by atoms with Crippen LogP contribution >= 0.6 is 0 Å². The van der Waals surface area contributed by atoms with Crippen LogP contribution in [-0.2, 0) is 6.54 Å². The third-order valence-corrected chi connectivity index (χ3v) is 6.33. The van der Waals surface area contributed by atoms with Crippen LogP contribution in [-0.4, -0.2) is 41.9 Å². The molecule has 0 unspecified atom stereocenters. The van der Waals surface area contributed by atoms with Crippen LogP contribution in [0.3, 0.4) is 0 Å². The van der Waals surface area contributed by atoms with Gasteiger partial charge in [-0.3, -0.25) is 9.69 Å². The summed E-state index contributed by atoms with van der Waals surface area (Å²) in [7, 11) is 0. The third kappa shape index (κ3) is 5.49. The highest BCUT2D eigenvalue weighted by Crippen LogP contribution is 2.34. The molecule has 0 bridgehead atoms. The van der Waals surface area contributed by atoms with Crippen LogP contribution in [0, 0.1) is 18.8 Å². The molecule has 4 nitrogen and oxygen atoms in total. The molecule has 168 valence electrons. The molecule has 0 saturated carbocycles. The zero-order valence-electron chi connectivity index (χ0n) is 19.4. The van der Waals surface area contributed by atoms with Gasteiger partial charge in [-0.15, -0.1) is 0 Å². The van der Waals surface area contributed by atoms with Gasteiger partial charge in [-0.25, -0.2) is 0 Å². The number of furan rings is 1. The summed E-state index contributed by atoms with van der Waals surface area (Å²) in [4.78, 5) is 18.0. The molecular weight excluding hydrogens is 396 g/mol. The van der Waals surface area contributed by atoms with E-state index >= 15 is 0 Å². The van der Waals surface area contributed by atoms with Crippen molar-refractivity contribution in [1.29, 1.82) is 0 Å². The van der Waals surface area contributed by atoms with Crippen molar-refractivity contribution < 1.29 is 9.21 Å². The molecule has 1 aliphatic rings. The summed E-state index contributed by atoms with van der Waals surface area (Å²) < 4.78 is 5.60. The lowest BCUT2D eigenvalue weighted by atomic mass is 9.88. The van der Waals surface area contributed by atoms with E-state index in [1.54, 1.807) is 6.26 Å². The predicted octanol–water partition coefficient (Wildman–Crippen LogP) is 5.60. The number of amides is 1. The van der Waals surface area contributed by atoms with Crippen molar-refractivity contribution in [1.82, 2.24) is 9.80 Å². The topological polar surface area (TPSA) is 36.7 Å². The van der Waals surface area contributed by atoms with E-state index in [4.69, 9.17) is 4.42 Å². The first-order valence-corrected chi connectivity index (χ1v) is 11.6. The predicted molar refractivity (Wildman–Crippen MR) is 129 cm³/mol. The van der Waals surface area contributed by atoms with Crippen molar-refractivity contribution in [2.45, 2.75) is 33.2 Å². The zero-order chi connectivity index (χ0) is 22.5. The van der Waals surface area contributed by atoms with Crippen LogP contribution in [0.5, 0.6) is 0 Å². The number of rotatable bonds is 8. The molecule has 0 N–H and O–H groups in total. The Labute approximate surface area is 191 Å². The molecule has 2 aromatic carbocycles. The molecule has 2 atom stereocenters. The van der Waals surface area contributed by atoms with E-state index in [1.807, 2.05) is 36.4 Å². The third-order valence-electron chi connectivity index (χ3n) is 6.33. The van der Waals surface area contributed by atoms with Crippen molar-refractivity contribution in [3.63, 3.8) is 0 Å². The van der Waals surface area contributed by atoms with Crippen molar-refractivity contribution in [2.75, 3.05) is 26.2 Å². The molecule has 1 aromatic heterocycles. The van der Waals surface area contributed by atoms with Gasteiger partial charge in [0.15, 0.2) is 0 Å². The molecule has 2 heterocycles. The maximum atomic E-state index is 13.5. The lowest BCUT2D eigenvalue weighted by Crippen LogP contribution is -2.39. The second-order valence-electron chi connectivity index (χ2n) is 9.52. The molecule has 0 spiro atoms. The minimum atomic E-state index is 0.134. The standard InChI is InChI=1S/C28H34N2O2/c1-21(2)16-30(28(31)24-13-11-22(3)12-14-24)18-25-17-29(19-26-10-7-15-32-26)20-27(25)23-8-5-4-6-9-23/h4-15,21,25,27H,16-20H2,1-3H3/t25-,27-/m0/s1. The van der Waals surface area contributed by atoms with E-state index in [1.165, 1.54) is 11.1 Å². The van der Waals surface area contributed by atoms with Gasteiger partial charge >= 0.3 is 0 Å². The number of nitrogens with zero attached hydrogens (tertiary/aromatic N) is 2. The molecule has 4 rings (SSSR count). The summed E-state index contributed by atoms with van der Waals surface area (Å²) >= 11 is 0. The number of hydrogen-bond donors (Lipinski definition) is 0. The van der Waals surface area contributed by atoms with Gasteiger partial charge < -0.3 is 9.32 Å². The molecule has 3 aromatic rings. The van der Waals surface area contributed by atoms with Gasteiger partial charge in [0.1, 0.15) is 5.76 Å². The van der Waals surface area contributed by atoms with Gasteiger partial charge in [0, 0.05) is 37.7 Å². The number of likely N-dealkylation sites (tertiary alicyclic amines) is 1. The average Bonchev–Trinajstić information content (AvgIpc) is 3.44. The van der Waals surface area contributed by atoms with Crippen LogP contribution in [0.25, 0.3) is 0 Å². The molecule has 1 amide bonds. The molecule has 0 aliphatic carbocycles. The van der Waals surface area contributed by atoms with Crippen LogP contribution in [0.15, 0.2) is 77.4 Å². The van der Waals surface area contributed by atoms with Gasteiger partial charge in [-0.2, -0.15) is 0 Å². The fourth-order valence-electron chi connectivity index (χ4n) is 4.82. The van der Waals surface area contributed by atoms with E-state index in [2.05, 4.69) is 60.9 Å². The Morgan fingerprint density at radius 3 is 2.44 bits per heavy atom. The zero-order valence-corrected chi connectivity index (χ0v) is 19.4. The van der Waals surface area contributed by atoms with Gasteiger partial charge in [-0.1, -0.05) is 61.9 Å². The number of carbonyl (C=O) groups excluding carboxylic acids is 1. The Kier molecular flexibility index (Phi) is 7.11. The SMILES string of the molecule is Cc1ccc(C(=O)N(CC(C)C)C[C@@H]2CN(Cc3ccco3)C[C@H]2c2ccccc2)cc1. The average molecular weight is 431 g/mol. The first kappa shape index (κ1) is 22.3. The van der Waals surface area contributed by atoms with Gasteiger partial charge in [0.05, 0.1) is 12.8 Å². The Morgan fingerprint density at radius 2 is 1.78 bits per heavy atom. The Hall–Kier alpha value is -2.85. The van der Waals surface area contributed by atoms with E-state index in [0.29, 0.717) is 17.8 Å². The molecular formula is C28H34N2O2. The summed E-state index contributed by atoms with van der Waals surface area (Å²) in [6, 6.07) is 22.7. The molecule has 4 heteroatoms. The molecule has 1 saturated heterocycles. The fourth-order valence-corrected chi connectivity index (χ4v) is 4.82. The summed E-state index contributed by atoms with van der Waals surface area (Å²) in [6.07, 6.45) is 1.74. The number of aryl methyl sites for hydroxylation is 1. The molecule has 1 fully saturated rings. The quantitative estimate of drug-likeness (QED) is 0.467. The van der Waals surface area contributed by atoms with Crippen molar-refractivity contribution in [3.8, 4) is 0 Å². The van der Waals surface area contributed by atoms with E-state index in [9.17, 15) is 4.79 Å². The normalized spacial score (nSPS) is 18.9. The minimum Gasteiger partial charge on any atom is -0.468 e. The lowest BCUT2D eigenvalue weighted by Gasteiger charge is -2.30. The highest BCUT2D eigenvalue weighted by atomic mass is 16.3. The number of hydrogen-bond acceptors (Lipinski definition) is 3. The van der Waals surface area contributed by atoms with Crippen molar-refractivity contribution in [2.24, 2.45) is 11.8 Å². The number of carbonyl (C=O) groups is 1. The van der Waals surface area contributed by atoms with Crippen LogP contribution in [0.4, 0.5) is 0 Å². The fraction of sp³-hybridized carbons (Fsp3) is 0.393. The lowest BCUT2D eigenvalue weighted by molar-refractivity contribution is 0.0703. The van der Waals surface area contributed by atoms with Gasteiger partial charge in [0.2, 0.25) is 0 Å². The highest BCUT2D eigenvalue weighted by molar-refractivity contribution is 5.94. The maximum absolute atomic E-state index is 13.5. The Bertz CT molecular complexity index is 980. The summed E-state index contributed by atoms with van der Waals surface area (Å²) in [5.41, 5.74) is 3.30. The second-order valence-corrected chi connectivity index (χ2v) is 9.52. The van der Waals surface area contributed by atoms with Crippen LogP contribution in [0.2, 0.25) is 0 Å². The van der Waals surface area contributed by atoms with Crippen LogP contribution in [0.1, 0.15) is 47.0 Å².